The van der Waals surface area contributed by atoms with Crippen LogP contribution in [0.1, 0.15) is 50.7 Å². The molecule has 0 aromatic carbocycles. The Hall–Kier alpha value is -1.62. The summed E-state index contributed by atoms with van der Waals surface area (Å²) in [5.41, 5.74) is 0.635. The zero-order valence-corrected chi connectivity index (χ0v) is 17.5. The molecular weight excluding hydrogens is 420 g/mol. The molecule has 2 aliphatic heterocycles. The van der Waals surface area contributed by atoms with Crippen molar-refractivity contribution in [3.63, 3.8) is 0 Å². The highest BCUT2D eigenvalue weighted by atomic mass is 79.9. The molecule has 0 radical (unpaired) electrons. The standard InChI is InChI=1S/C21H25BrN4O2/c22-20-16-10-15(11-23)28-19(16)12-24-21(20)25-13-3-5-14(6-4-13)26-8-1-2-18-17(26)7-9-27-18/h10,12-14,17-18H,1-9H2,(H,24,25). The fourth-order valence-electron chi connectivity index (χ4n) is 5.27. The SMILES string of the molecule is N#Cc1cc2c(Br)c(NC3CCC(N4CCCC5OCCC54)CC3)ncc2o1. The third kappa shape index (κ3) is 3.32. The Morgan fingerprint density at radius 1 is 1.21 bits per heavy atom. The zero-order chi connectivity index (χ0) is 19.1. The van der Waals surface area contributed by atoms with Crippen molar-refractivity contribution >= 4 is 32.7 Å². The van der Waals surface area contributed by atoms with Gasteiger partial charge in [0.05, 0.1) is 16.8 Å². The molecule has 0 amide bonds. The van der Waals surface area contributed by atoms with E-state index in [4.69, 9.17) is 14.4 Å². The average molecular weight is 445 g/mol. The third-order valence-electron chi connectivity index (χ3n) is 6.64. The van der Waals surface area contributed by atoms with E-state index in [9.17, 15) is 0 Å². The molecule has 2 unspecified atom stereocenters. The Morgan fingerprint density at radius 3 is 2.89 bits per heavy atom. The summed E-state index contributed by atoms with van der Waals surface area (Å²) >= 11 is 3.64. The molecule has 3 aliphatic rings. The summed E-state index contributed by atoms with van der Waals surface area (Å²) in [4.78, 5) is 7.27. The van der Waals surface area contributed by atoms with Crippen molar-refractivity contribution in [2.45, 2.75) is 69.2 Å². The minimum Gasteiger partial charge on any atom is -0.444 e. The molecule has 2 aromatic heterocycles. The predicted molar refractivity (Wildman–Crippen MR) is 110 cm³/mol. The van der Waals surface area contributed by atoms with Gasteiger partial charge in [0.1, 0.15) is 11.9 Å². The van der Waals surface area contributed by atoms with Crippen LogP contribution < -0.4 is 5.32 Å². The summed E-state index contributed by atoms with van der Waals surface area (Å²) in [5, 5.41) is 13.5. The van der Waals surface area contributed by atoms with E-state index in [0.717, 1.165) is 35.1 Å². The molecular formula is C21H25BrN4O2. The second kappa shape index (κ2) is 7.66. The fraction of sp³-hybridized carbons (Fsp3) is 0.619. The second-order valence-electron chi connectivity index (χ2n) is 8.22. The second-order valence-corrected chi connectivity index (χ2v) is 9.01. The van der Waals surface area contributed by atoms with Gasteiger partial charge < -0.3 is 14.5 Å². The van der Waals surface area contributed by atoms with E-state index >= 15 is 0 Å². The van der Waals surface area contributed by atoms with E-state index in [1.54, 1.807) is 12.3 Å². The smallest absolute Gasteiger partial charge is 0.204 e. The van der Waals surface area contributed by atoms with Crippen LogP contribution in [0.15, 0.2) is 21.2 Å². The van der Waals surface area contributed by atoms with E-state index in [2.05, 4.69) is 31.1 Å². The molecule has 2 saturated heterocycles. The van der Waals surface area contributed by atoms with Crippen LogP contribution in [0, 0.1) is 11.3 Å². The van der Waals surface area contributed by atoms with E-state index < -0.39 is 0 Å². The maximum absolute atomic E-state index is 9.04. The normalized spacial score (nSPS) is 30.9. The minimum absolute atomic E-state index is 0.311. The van der Waals surface area contributed by atoms with Gasteiger partial charge in [0.2, 0.25) is 5.76 Å². The number of furan rings is 1. The molecule has 1 N–H and O–H groups in total. The Labute approximate surface area is 173 Å². The van der Waals surface area contributed by atoms with Gasteiger partial charge in [0.15, 0.2) is 5.58 Å². The van der Waals surface area contributed by atoms with Crippen molar-refractivity contribution in [1.29, 1.82) is 5.26 Å². The number of aromatic nitrogens is 1. The number of rotatable bonds is 3. The summed E-state index contributed by atoms with van der Waals surface area (Å²) in [5.74, 6) is 1.15. The predicted octanol–water partition coefficient (Wildman–Crippen LogP) is 4.44. The summed E-state index contributed by atoms with van der Waals surface area (Å²) in [7, 11) is 0. The van der Waals surface area contributed by atoms with Crippen LogP contribution in [0.4, 0.5) is 5.82 Å². The number of ether oxygens (including phenoxy) is 1. The number of nitrogens with zero attached hydrogens (tertiary/aromatic N) is 3. The highest BCUT2D eigenvalue weighted by Crippen LogP contribution is 2.36. The van der Waals surface area contributed by atoms with Crippen molar-refractivity contribution in [3.05, 3.63) is 22.5 Å². The quantitative estimate of drug-likeness (QED) is 0.753. The number of halogens is 1. The van der Waals surface area contributed by atoms with Gasteiger partial charge >= 0.3 is 0 Å². The van der Waals surface area contributed by atoms with Crippen LogP contribution in [0.25, 0.3) is 11.0 Å². The number of pyridine rings is 1. The van der Waals surface area contributed by atoms with Crippen molar-refractivity contribution < 1.29 is 9.15 Å². The van der Waals surface area contributed by atoms with E-state index in [0.29, 0.717) is 35.6 Å². The molecule has 148 valence electrons. The molecule has 3 fully saturated rings. The monoisotopic (exact) mass is 444 g/mol. The molecule has 4 heterocycles. The van der Waals surface area contributed by atoms with Crippen molar-refractivity contribution in [3.8, 4) is 6.07 Å². The lowest BCUT2D eigenvalue weighted by Crippen LogP contribution is -2.52. The van der Waals surface area contributed by atoms with Gasteiger partial charge in [-0.2, -0.15) is 5.26 Å². The molecule has 1 aliphatic carbocycles. The first kappa shape index (κ1) is 18.4. The van der Waals surface area contributed by atoms with Gasteiger partial charge in [0, 0.05) is 36.2 Å². The Morgan fingerprint density at radius 2 is 2.07 bits per heavy atom. The highest BCUT2D eigenvalue weighted by molar-refractivity contribution is 9.10. The van der Waals surface area contributed by atoms with Crippen LogP contribution in [0.5, 0.6) is 0 Å². The first-order chi connectivity index (χ1) is 13.7. The Kier molecular flexibility index (Phi) is 5.04. The van der Waals surface area contributed by atoms with Crippen LogP contribution in [0.3, 0.4) is 0 Å². The summed E-state index contributed by atoms with van der Waals surface area (Å²) in [6.45, 7) is 2.17. The molecule has 7 heteroatoms. The van der Waals surface area contributed by atoms with Crippen LogP contribution in [-0.2, 0) is 4.74 Å². The lowest BCUT2D eigenvalue weighted by Gasteiger charge is -2.44. The van der Waals surface area contributed by atoms with Gasteiger partial charge in [0.25, 0.3) is 0 Å². The lowest BCUT2D eigenvalue weighted by molar-refractivity contribution is -0.00150. The number of nitriles is 1. The Bertz CT molecular complexity index is 900. The largest absolute Gasteiger partial charge is 0.444 e. The van der Waals surface area contributed by atoms with E-state index in [1.807, 2.05) is 6.07 Å². The highest BCUT2D eigenvalue weighted by Gasteiger charge is 2.40. The van der Waals surface area contributed by atoms with E-state index in [-0.39, 0.29) is 0 Å². The first-order valence-corrected chi connectivity index (χ1v) is 11.1. The summed E-state index contributed by atoms with van der Waals surface area (Å²) < 4.78 is 12.3. The number of nitrogens with one attached hydrogen (secondary N) is 1. The summed E-state index contributed by atoms with van der Waals surface area (Å²) in [6.07, 6.45) is 10.6. The maximum Gasteiger partial charge on any atom is 0.204 e. The van der Waals surface area contributed by atoms with Crippen LogP contribution in [0.2, 0.25) is 0 Å². The minimum atomic E-state index is 0.311. The number of piperidine rings is 1. The van der Waals surface area contributed by atoms with Crippen molar-refractivity contribution in [2.75, 3.05) is 18.5 Å². The molecule has 5 rings (SSSR count). The molecule has 0 bridgehead atoms. The van der Waals surface area contributed by atoms with Gasteiger partial charge in [-0.05, 0) is 67.4 Å². The van der Waals surface area contributed by atoms with Crippen molar-refractivity contribution in [2.24, 2.45) is 0 Å². The fourth-order valence-corrected chi connectivity index (χ4v) is 5.79. The van der Waals surface area contributed by atoms with E-state index in [1.165, 1.54) is 38.6 Å². The maximum atomic E-state index is 9.04. The lowest BCUT2D eigenvalue weighted by atomic mass is 9.86. The molecule has 6 nitrogen and oxygen atoms in total. The molecule has 28 heavy (non-hydrogen) atoms. The number of fused-ring (bicyclic) bond motifs is 2. The average Bonchev–Trinajstić information content (AvgIpc) is 3.37. The number of anilines is 1. The van der Waals surface area contributed by atoms with Gasteiger partial charge in [-0.25, -0.2) is 4.98 Å². The number of likely N-dealkylation sites (tertiary alicyclic amines) is 1. The van der Waals surface area contributed by atoms with Crippen LogP contribution >= 0.6 is 15.9 Å². The Balaban J connectivity index is 1.23. The van der Waals surface area contributed by atoms with Crippen LogP contribution in [-0.4, -0.2) is 47.3 Å². The molecule has 2 atom stereocenters. The van der Waals surface area contributed by atoms with Gasteiger partial charge in [-0.1, -0.05) is 0 Å². The molecule has 2 aromatic rings. The molecule has 0 spiro atoms. The topological polar surface area (TPSA) is 74.3 Å². The van der Waals surface area contributed by atoms with Gasteiger partial charge in [-0.3, -0.25) is 4.90 Å². The van der Waals surface area contributed by atoms with Gasteiger partial charge in [-0.15, -0.1) is 0 Å². The number of hydrogen-bond donors (Lipinski definition) is 1. The number of hydrogen-bond acceptors (Lipinski definition) is 6. The zero-order valence-electron chi connectivity index (χ0n) is 15.9. The molecule has 1 saturated carbocycles. The first-order valence-electron chi connectivity index (χ1n) is 10.3. The van der Waals surface area contributed by atoms with Crippen molar-refractivity contribution in [1.82, 2.24) is 9.88 Å². The summed E-state index contributed by atoms with van der Waals surface area (Å²) in [6, 6.07) is 5.58. The third-order valence-corrected chi connectivity index (χ3v) is 7.44.